The van der Waals surface area contributed by atoms with E-state index >= 15 is 0 Å². The van der Waals surface area contributed by atoms with E-state index in [1.54, 1.807) is 48.3 Å². The fraction of sp³-hybridized carbons (Fsp3) is 0.0952. The molecule has 0 bridgehead atoms. The van der Waals surface area contributed by atoms with E-state index < -0.39 is 0 Å². The maximum Gasteiger partial charge on any atom is 0.258 e. The molecule has 1 amide bonds. The summed E-state index contributed by atoms with van der Waals surface area (Å²) in [7, 11) is 1.74. The number of amides is 1. The largest absolute Gasteiger partial charge is 0.489 e. The third-order valence-electron chi connectivity index (χ3n) is 3.85. The first-order valence-corrected chi connectivity index (χ1v) is 7.94. The van der Waals surface area contributed by atoms with Crippen LogP contribution in [0.4, 0.5) is 10.1 Å². The number of ether oxygens (including phenoxy) is 1. The molecule has 0 aliphatic heterocycles. The van der Waals surface area contributed by atoms with Crippen molar-refractivity contribution in [1.29, 1.82) is 0 Å². The van der Waals surface area contributed by atoms with Gasteiger partial charge in [0, 0.05) is 18.3 Å². The number of carbonyl (C=O) groups is 1. The summed E-state index contributed by atoms with van der Waals surface area (Å²) in [5.41, 5.74) is 2.23. The quantitative estimate of drug-likeness (QED) is 0.677. The van der Waals surface area contributed by atoms with E-state index in [1.165, 1.54) is 12.1 Å². The number of nitrogens with zero attached hydrogens (tertiary/aromatic N) is 1. The molecule has 0 saturated heterocycles. The van der Waals surface area contributed by atoms with Crippen LogP contribution in [0, 0.1) is 5.82 Å². The molecular weight excluding hydrogens is 317 g/mol. The second-order valence-electron chi connectivity index (χ2n) is 5.64. The molecule has 3 nitrogen and oxygen atoms in total. The molecule has 0 fully saturated rings. The molecule has 3 aromatic rings. The second kappa shape index (κ2) is 7.62. The van der Waals surface area contributed by atoms with E-state index in [-0.39, 0.29) is 11.7 Å². The van der Waals surface area contributed by atoms with Crippen LogP contribution in [0.5, 0.6) is 5.75 Å². The van der Waals surface area contributed by atoms with Crippen molar-refractivity contribution >= 4 is 11.6 Å². The molecule has 0 aromatic heterocycles. The Morgan fingerprint density at radius 1 is 0.960 bits per heavy atom. The Bertz CT molecular complexity index is 847. The zero-order chi connectivity index (χ0) is 17.6. The molecule has 3 aromatic carbocycles. The summed E-state index contributed by atoms with van der Waals surface area (Å²) >= 11 is 0. The maximum absolute atomic E-state index is 12.9. The number of carbonyl (C=O) groups excluding carboxylic acids is 1. The van der Waals surface area contributed by atoms with Gasteiger partial charge in [-0.3, -0.25) is 4.79 Å². The average molecular weight is 335 g/mol. The minimum Gasteiger partial charge on any atom is -0.489 e. The summed E-state index contributed by atoms with van der Waals surface area (Å²) in [6, 6.07) is 22.6. The van der Waals surface area contributed by atoms with Gasteiger partial charge in [-0.25, -0.2) is 4.39 Å². The van der Waals surface area contributed by atoms with Crippen molar-refractivity contribution in [2.45, 2.75) is 6.61 Å². The Kier molecular flexibility index (Phi) is 5.09. The van der Waals surface area contributed by atoms with Crippen LogP contribution in [0.3, 0.4) is 0 Å². The van der Waals surface area contributed by atoms with Gasteiger partial charge in [-0.1, -0.05) is 36.4 Å². The van der Waals surface area contributed by atoms with Gasteiger partial charge in [0.25, 0.3) is 5.91 Å². The highest BCUT2D eigenvalue weighted by molar-refractivity contribution is 6.05. The van der Waals surface area contributed by atoms with Gasteiger partial charge in [0.1, 0.15) is 18.2 Å². The summed E-state index contributed by atoms with van der Waals surface area (Å²) in [5, 5.41) is 0. The lowest BCUT2D eigenvalue weighted by Crippen LogP contribution is -2.26. The molecule has 3 rings (SSSR count). The van der Waals surface area contributed by atoms with Crippen LogP contribution in [0.25, 0.3) is 0 Å². The number of hydrogen-bond acceptors (Lipinski definition) is 2. The highest BCUT2D eigenvalue weighted by atomic mass is 19.1. The molecule has 0 spiro atoms. The standard InChI is InChI=1S/C21H18FNO2/c1-23(19-7-3-2-4-8-19)21(24)17-6-5-9-20(14-17)25-15-16-10-12-18(22)13-11-16/h2-14H,15H2,1H3. The molecule has 0 radical (unpaired) electrons. The first-order chi connectivity index (χ1) is 12.1. The Hall–Kier alpha value is -3.14. The minimum atomic E-state index is -0.278. The van der Waals surface area contributed by atoms with Gasteiger partial charge >= 0.3 is 0 Å². The van der Waals surface area contributed by atoms with E-state index in [1.807, 2.05) is 30.3 Å². The fourth-order valence-electron chi connectivity index (χ4n) is 2.43. The predicted octanol–water partition coefficient (Wildman–Crippen LogP) is 4.68. The number of anilines is 1. The Balaban J connectivity index is 1.70. The van der Waals surface area contributed by atoms with Crippen molar-refractivity contribution in [3.8, 4) is 5.75 Å². The molecule has 0 unspecified atom stereocenters. The van der Waals surface area contributed by atoms with Crippen LogP contribution in [0.1, 0.15) is 15.9 Å². The summed E-state index contributed by atoms with van der Waals surface area (Å²) in [4.78, 5) is 14.2. The smallest absolute Gasteiger partial charge is 0.258 e. The summed E-state index contributed by atoms with van der Waals surface area (Å²) in [6.45, 7) is 0.312. The van der Waals surface area contributed by atoms with Gasteiger partial charge in [-0.15, -0.1) is 0 Å². The summed E-state index contributed by atoms with van der Waals surface area (Å²) in [6.07, 6.45) is 0. The van der Waals surface area contributed by atoms with E-state index in [0.29, 0.717) is 17.9 Å². The molecule has 0 N–H and O–H groups in total. The molecule has 126 valence electrons. The van der Waals surface area contributed by atoms with Crippen molar-refractivity contribution in [3.05, 3.63) is 95.8 Å². The van der Waals surface area contributed by atoms with Gasteiger partial charge < -0.3 is 9.64 Å². The Morgan fingerprint density at radius 3 is 2.40 bits per heavy atom. The Morgan fingerprint density at radius 2 is 1.68 bits per heavy atom. The molecule has 4 heteroatoms. The number of benzene rings is 3. The van der Waals surface area contributed by atoms with E-state index in [9.17, 15) is 9.18 Å². The van der Waals surface area contributed by atoms with E-state index in [4.69, 9.17) is 4.74 Å². The van der Waals surface area contributed by atoms with Gasteiger partial charge in [0.05, 0.1) is 0 Å². The lowest BCUT2D eigenvalue weighted by atomic mass is 10.1. The summed E-state index contributed by atoms with van der Waals surface area (Å²) < 4.78 is 18.6. The van der Waals surface area contributed by atoms with Crippen molar-refractivity contribution in [3.63, 3.8) is 0 Å². The fourth-order valence-corrected chi connectivity index (χ4v) is 2.43. The number of para-hydroxylation sites is 1. The van der Waals surface area contributed by atoms with Crippen LogP contribution in [0.2, 0.25) is 0 Å². The highest BCUT2D eigenvalue weighted by Crippen LogP contribution is 2.19. The molecule has 0 heterocycles. The second-order valence-corrected chi connectivity index (χ2v) is 5.64. The molecule has 0 aliphatic carbocycles. The highest BCUT2D eigenvalue weighted by Gasteiger charge is 2.13. The van der Waals surface area contributed by atoms with Gasteiger partial charge in [0.15, 0.2) is 0 Å². The molecule has 0 atom stereocenters. The summed E-state index contributed by atoms with van der Waals surface area (Å²) in [5.74, 6) is 0.204. The lowest BCUT2D eigenvalue weighted by molar-refractivity contribution is 0.0992. The molecule has 25 heavy (non-hydrogen) atoms. The first-order valence-electron chi connectivity index (χ1n) is 7.94. The van der Waals surface area contributed by atoms with E-state index in [2.05, 4.69) is 0 Å². The third-order valence-corrected chi connectivity index (χ3v) is 3.85. The van der Waals surface area contributed by atoms with Gasteiger partial charge in [0.2, 0.25) is 0 Å². The SMILES string of the molecule is CN(C(=O)c1cccc(OCc2ccc(F)cc2)c1)c1ccccc1. The zero-order valence-corrected chi connectivity index (χ0v) is 13.9. The van der Waals surface area contributed by atoms with Crippen molar-refractivity contribution < 1.29 is 13.9 Å². The average Bonchev–Trinajstić information content (AvgIpc) is 2.67. The zero-order valence-electron chi connectivity index (χ0n) is 13.9. The molecular formula is C21H18FNO2. The Labute approximate surface area is 146 Å². The maximum atomic E-state index is 12.9. The number of halogens is 1. The van der Waals surface area contributed by atoms with Crippen molar-refractivity contribution in [1.82, 2.24) is 0 Å². The van der Waals surface area contributed by atoms with E-state index in [0.717, 1.165) is 11.3 Å². The van der Waals surface area contributed by atoms with Gasteiger partial charge in [-0.05, 0) is 48.0 Å². The van der Waals surface area contributed by atoms with Crippen LogP contribution >= 0.6 is 0 Å². The topological polar surface area (TPSA) is 29.5 Å². The minimum absolute atomic E-state index is 0.113. The first kappa shape index (κ1) is 16.7. The number of hydrogen-bond donors (Lipinski definition) is 0. The predicted molar refractivity (Wildman–Crippen MR) is 96.3 cm³/mol. The van der Waals surface area contributed by atoms with Crippen LogP contribution in [-0.4, -0.2) is 13.0 Å². The molecule has 0 saturated carbocycles. The van der Waals surface area contributed by atoms with Crippen LogP contribution < -0.4 is 9.64 Å². The van der Waals surface area contributed by atoms with Gasteiger partial charge in [-0.2, -0.15) is 0 Å². The van der Waals surface area contributed by atoms with Crippen LogP contribution in [-0.2, 0) is 6.61 Å². The number of rotatable bonds is 5. The lowest BCUT2D eigenvalue weighted by Gasteiger charge is -2.17. The normalized spacial score (nSPS) is 10.3. The van der Waals surface area contributed by atoms with Crippen molar-refractivity contribution in [2.24, 2.45) is 0 Å². The monoisotopic (exact) mass is 335 g/mol. The molecule has 0 aliphatic rings. The van der Waals surface area contributed by atoms with Crippen LogP contribution in [0.15, 0.2) is 78.9 Å². The third kappa shape index (κ3) is 4.23. The van der Waals surface area contributed by atoms with Crippen molar-refractivity contribution in [2.75, 3.05) is 11.9 Å².